The normalized spacial score (nSPS) is 21.1. The Labute approximate surface area is 130 Å². The van der Waals surface area contributed by atoms with Crippen molar-refractivity contribution in [3.63, 3.8) is 0 Å². The van der Waals surface area contributed by atoms with Gasteiger partial charge in [-0.15, -0.1) is 0 Å². The SMILES string of the molecule is CCN(CC)C1CCN(CC(N)c2ccc(C)c(C)c2)C1. The topological polar surface area (TPSA) is 32.5 Å². The highest BCUT2D eigenvalue weighted by Crippen LogP contribution is 2.20. The van der Waals surface area contributed by atoms with Crippen molar-refractivity contribution in [2.24, 2.45) is 5.73 Å². The van der Waals surface area contributed by atoms with Crippen molar-refractivity contribution in [2.45, 2.75) is 46.2 Å². The highest BCUT2D eigenvalue weighted by atomic mass is 15.3. The number of nitrogens with two attached hydrogens (primary N) is 1. The van der Waals surface area contributed by atoms with Crippen LogP contribution in [-0.4, -0.2) is 48.6 Å². The van der Waals surface area contributed by atoms with Crippen molar-refractivity contribution in [3.05, 3.63) is 34.9 Å². The molecule has 0 radical (unpaired) electrons. The molecule has 1 aliphatic heterocycles. The van der Waals surface area contributed by atoms with E-state index in [0.717, 1.165) is 19.6 Å². The summed E-state index contributed by atoms with van der Waals surface area (Å²) in [5.74, 6) is 0. The lowest BCUT2D eigenvalue weighted by molar-refractivity contribution is 0.208. The van der Waals surface area contributed by atoms with Gasteiger partial charge in [0.15, 0.2) is 0 Å². The van der Waals surface area contributed by atoms with Crippen LogP contribution < -0.4 is 5.73 Å². The molecule has 0 aromatic heterocycles. The van der Waals surface area contributed by atoms with Gasteiger partial charge in [-0.3, -0.25) is 9.80 Å². The Bertz CT molecular complexity index is 454. The minimum Gasteiger partial charge on any atom is -0.323 e. The lowest BCUT2D eigenvalue weighted by Gasteiger charge is -2.27. The van der Waals surface area contributed by atoms with Gasteiger partial charge in [0.2, 0.25) is 0 Å². The summed E-state index contributed by atoms with van der Waals surface area (Å²) in [6.07, 6.45) is 1.28. The number of aryl methyl sites for hydroxylation is 2. The van der Waals surface area contributed by atoms with Gasteiger partial charge in [0.25, 0.3) is 0 Å². The Hall–Kier alpha value is -0.900. The third-order valence-corrected chi connectivity index (χ3v) is 4.99. The van der Waals surface area contributed by atoms with E-state index in [1.54, 1.807) is 0 Å². The Morgan fingerprint density at radius 1 is 1.24 bits per heavy atom. The number of benzene rings is 1. The first-order chi connectivity index (χ1) is 10.0. The standard InChI is InChI=1S/C18H31N3/c1-5-21(6-2)17-9-10-20(12-17)13-18(19)16-8-7-14(3)15(4)11-16/h7-8,11,17-18H,5-6,9-10,12-13,19H2,1-4H3. The fourth-order valence-corrected chi connectivity index (χ4v) is 3.39. The molecule has 0 spiro atoms. The first-order valence-corrected chi connectivity index (χ1v) is 8.34. The Morgan fingerprint density at radius 3 is 2.57 bits per heavy atom. The quantitative estimate of drug-likeness (QED) is 0.874. The van der Waals surface area contributed by atoms with Crippen LogP contribution in [0.1, 0.15) is 43.0 Å². The van der Waals surface area contributed by atoms with Gasteiger partial charge in [-0.25, -0.2) is 0 Å². The summed E-state index contributed by atoms with van der Waals surface area (Å²) < 4.78 is 0. The van der Waals surface area contributed by atoms with Gasteiger partial charge in [-0.1, -0.05) is 32.0 Å². The zero-order valence-corrected chi connectivity index (χ0v) is 14.1. The number of likely N-dealkylation sites (N-methyl/N-ethyl adjacent to an activating group) is 1. The highest BCUT2D eigenvalue weighted by molar-refractivity contribution is 5.31. The molecule has 3 heteroatoms. The summed E-state index contributed by atoms with van der Waals surface area (Å²) in [5.41, 5.74) is 10.4. The number of nitrogens with zero attached hydrogens (tertiary/aromatic N) is 2. The minimum absolute atomic E-state index is 0.125. The molecule has 1 saturated heterocycles. The molecule has 2 atom stereocenters. The second kappa shape index (κ2) is 7.39. The van der Waals surface area contributed by atoms with E-state index in [2.05, 4.69) is 55.7 Å². The Balaban J connectivity index is 1.91. The molecule has 21 heavy (non-hydrogen) atoms. The van der Waals surface area contributed by atoms with Crippen LogP contribution in [0.3, 0.4) is 0 Å². The first kappa shape index (κ1) is 16.5. The second-order valence-electron chi connectivity index (χ2n) is 6.37. The van der Waals surface area contributed by atoms with Crippen molar-refractivity contribution in [2.75, 3.05) is 32.7 Å². The highest BCUT2D eigenvalue weighted by Gasteiger charge is 2.27. The lowest BCUT2D eigenvalue weighted by atomic mass is 10.0. The largest absolute Gasteiger partial charge is 0.323 e. The van der Waals surface area contributed by atoms with E-state index >= 15 is 0 Å². The monoisotopic (exact) mass is 289 g/mol. The number of likely N-dealkylation sites (tertiary alicyclic amines) is 1. The van der Waals surface area contributed by atoms with E-state index in [9.17, 15) is 0 Å². The molecule has 1 fully saturated rings. The molecule has 2 rings (SSSR count). The van der Waals surface area contributed by atoms with Crippen LogP contribution in [0.5, 0.6) is 0 Å². The maximum Gasteiger partial charge on any atom is 0.0424 e. The number of hydrogen-bond acceptors (Lipinski definition) is 3. The molecule has 1 aromatic rings. The third kappa shape index (κ3) is 4.06. The zero-order chi connectivity index (χ0) is 15.4. The van der Waals surface area contributed by atoms with E-state index in [1.807, 2.05) is 0 Å². The smallest absolute Gasteiger partial charge is 0.0424 e. The summed E-state index contributed by atoms with van der Waals surface area (Å²) in [6.45, 7) is 14.5. The molecular weight excluding hydrogens is 258 g/mol. The Morgan fingerprint density at radius 2 is 1.95 bits per heavy atom. The van der Waals surface area contributed by atoms with Gasteiger partial charge in [0.1, 0.15) is 0 Å². The second-order valence-corrected chi connectivity index (χ2v) is 6.37. The van der Waals surface area contributed by atoms with Crippen LogP contribution in [0.15, 0.2) is 18.2 Å². The van der Waals surface area contributed by atoms with Crippen molar-refractivity contribution in [3.8, 4) is 0 Å². The van der Waals surface area contributed by atoms with Crippen molar-refractivity contribution >= 4 is 0 Å². The van der Waals surface area contributed by atoms with Crippen LogP contribution >= 0.6 is 0 Å². The summed E-state index contributed by atoms with van der Waals surface area (Å²) in [5, 5.41) is 0. The average Bonchev–Trinajstić information content (AvgIpc) is 2.91. The van der Waals surface area contributed by atoms with Crippen molar-refractivity contribution < 1.29 is 0 Å². The van der Waals surface area contributed by atoms with Crippen molar-refractivity contribution in [1.82, 2.24) is 9.80 Å². The Kier molecular flexibility index (Phi) is 5.80. The molecule has 1 aliphatic rings. The van der Waals surface area contributed by atoms with E-state index in [4.69, 9.17) is 5.73 Å². The predicted molar refractivity (Wildman–Crippen MR) is 90.6 cm³/mol. The van der Waals surface area contributed by atoms with E-state index < -0.39 is 0 Å². The maximum absolute atomic E-state index is 6.43. The van der Waals surface area contributed by atoms with E-state index in [1.165, 1.54) is 36.2 Å². The third-order valence-electron chi connectivity index (χ3n) is 4.99. The van der Waals surface area contributed by atoms with Crippen molar-refractivity contribution in [1.29, 1.82) is 0 Å². The van der Waals surface area contributed by atoms with E-state index in [-0.39, 0.29) is 6.04 Å². The van der Waals surface area contributed by atoms with Crippen LogP contribution in [0.25, 0.3) is 0 Å². The molecule has 0 aliphatic carbocycles. The molecule has 0 bridgehead atoms. The van der Waals surface area contributed by atoms with Gasteiger partial charge in [-0.2, -0.15) is 0 Å². The molecule has 1 heterocycles. The molecule has 0 saturated carbocycles. The van der Waals surface area contributed by atoms with Gasteiger partial charge in [-0.05, 0) is 56.6 Å². The van der Waals surface area contributed by atoms with Gasteiger partial charge < -0.3 is 5.73 Å². The summed E-state index contributed by atoms with van der Waals surface area (Å²) >= 11 is 0. The molecule has 2 N–H and O–H groups in total. The maximum atomic E-state index is 6.43. The van der Waals surface area contributed by atoms with Crippen LogP contribution in [-0.2, 0) is 0 Å². The van der Waals surface area contributed by atoms with Crippen LogP contribution in [0.2, 0.25) is 0 Å². The van der Waals surface area contributed by atoms with Gasteiger partial charge in [0.05, 0.1) is 0 Å². The first-order valence-electron chi connectivity index (χ1n) is 8.34. The predicted octanol–water partition coefficient (Wildman–Crippen LogP) is 2.72. The lowest BCUT2D eigenvalue weighted by Crippen LogP contribution is -2.38. The summed E-state index contributed by atoms with van der Waals surface area (Å²) in [4.78, 5) is 5.10. The minimum atomic E-state index is 0.125. The number of rotatable bonds is 6. The van der Waals surface area contributed by atoms with Crippen LogP contribution in [0.4, 0.5) is 0 Å². The zero-order valence-electron chi connectivity index (χ0n) is 14.1. The fraction of sp³-hybridized carbons (Fsp3) is 0.667. The molecular formula is C18H31N3. The molecule has 3 nitrogen and oxygen atoms in total. The average molecular weight is 289 g/mol. The van der Waals surface area contributed by atoms with E-state index in [0.29, 0.717) is 6.04 Å². The van der Waals surface area contributed by atoms with Crippen LogP contribution in [0, 0.1) is 13.8 Å². The fourth-order valence-electron chi connectivity index (χ4n) is 3.39. The number of hydrogen-bond donors (Lipinski definition) is 1. The summed E-state index contributed by atoms with van der Waals surface area (Å²) in [6, 6.07) is 7.46. The molecule has 2 unspecified atom stereocenters. The molecule has 0 amide bonds. The van der Waals surface area contributed by atoms with Gasteiger partial charge in [0, 0.05) is 25.2 Å². The summed E-state index contributed by atoms with van der Waals surface area (Å²) in [7, 11) is 0. The molecule has 1 aromatic carbocycles. The molecule has 118 valence electrons. The van der Waals surface area contributed by atoms with Gasteiger partial charge >= 0.3 is 0 Å².